The molecule has 0 bridgehead atoms. The van der Waals surface area contributed by atoms with Crippen LogP contribution in [-0.2, 0) is 0 Å². The first-order valence-electron chi connectivity index (χ1n) is 7.76. The first kappa shape index (κ1) is 18.5. The summed E-state index contributed by atoms with van der Waals surface area (Å²) in [7, 11) is 1.55. The summed E-state index contributed by atoms with van der Waals surface area (Å²) in [6.45, 7) is 2.74. The number of carbonyl (C=O) groups is 1. The fraction of sp³-hybridized carbons (Fsp3) is 0.412. The van der Waals surface area contributed by atoms with Crippen LogP contribution in [0.3, 0.4) is 0 Å². The van der Waals surface area contributed by atoms with Crippen LogP contribution in [0.25, 0.3) is 10.6 Å². The highest BCUT2D eigenvalue weighted by Gasteiger charge is 2.16. The maximum absolute atomic E-state index is 11.0. The van der Waals surface area contributed by atoms with Crippen molar-refractivity contribution in [2.45, 2.75) is 32.6 Å². The molecule has 1 N–H and O–H groups in total. The normalized spacial score (nSPS) is 10.6. The molecular formula is C17H20ClNO4S. The van der Waals surface area contributed by atoms with E-state index < -0.39 is 5.97 Å². The molecule has 1 aromatic heterocycles. The highest BCUT2D eigenvalue weighted by atomic mass is 35.5. The van der Waals surface area contributed by atoms with Crippen molar-refractivity contribution in [3.8, 4) is 22.1 Å². The summed E-state index contributed by atoms with van der Waals surface area (Å²) in [5.41, 5.74) is 0.717. The maximum atomic E-state index is 11.0. The molecule has 0 aliphatic carbocycles. The van der Waals surface area contributed by atoms with Crippen molar-refractivity contribution in [3.63, 3.8) is 0 Å². The molecule has 5 nitrogen and oxygen atoms in total. The van der Waals surface area contributed by atoms with E-state index >= 15 is 0 Å². The zero-order valence-electron chi connectivity index (χ0n) is 13.7. The molecular weight excluding hydrogens is 350 g/mol. The lowest BCUT2D eigenvalue weighted by Crippen LogP contribution is -2.00. The lowest BCUT2D eigenvalue weighted by molar-refractivity contribution is 0.0691. The van der Waals surface area contributed by atoms with E-state index in [9.17, 15) is 4.79 Å². The van der Waals surface area contributed by atoms with Gasteiger partial charge in [0.1, 0.15) is 5.01 Å². The monoisotopic (exact) mass is 369 g/mol. The number of benzene rings is 1. The molecule has 0 aliphatic heterocycles. The minimum Gasteiger partial charge on any atom is -0.493 e. The van der Waals surface area contributed by atoms with Gasteiger partial charge < -0.3 is 14.6 Å². The van der Waals surface area contributed by atoms with Crippen LogP contribution >= 0.6 is 22.9 Å². The second-order valence-corrected chi connectivity index (χ2v) is 6.51. The van der Waals surface area contributed by atoms with Crippen LogP contribution in [-0.4, -0.2) is 29.8 Å². The number of hydrogen-bond acceptors (Lipinski definition) is 5. The number of carboxylic acids is 1. The zero-order chi connectivity index (χ0) is 17.5. The number of rotatable bonds is 9. The van der Waals surface area contributed by atoms with Crippen LogP contribution in [0.15, 0.2) is 17.5 Å². The Bertz CT molecular complexity index is 702. The second kappa shape index (κ2) is 8.89. The van der Waals surface area contributed by atoms with Crippen LogP contribution in [0.4, 0.5) is 0 Å². The number of aromatic nitrogens is 1. The van der Waals surface area contributed by atoms with Crippen molar-refractivity contribution in [2.75, 3.05) is 13.7 Å². The lowest BCUT2D eigenvalue weighted by atomic mass is 10.2. The topological polar surface area (TPSA) is 68.7 Å². The van der Waals surface area contributed by atoms with E-state index in [-0.39, 0.29) is 5.69 Å². The molecule has 1 aromatic carbocycles. The molecule has 130 valence electrons. The Hall–Kier alpha value is -1.79. The van der Waals surface area contributed by atoms with Crippen LogP contribution in [0.5, 0.6) is 11.5 Å². The maximum Gasteiger partial charge on any atom is 0.355 e. The molecule has 24 heavy (non-hydrogen) atoms. The molecule has 2 aromatic rings. The van der Waals surface area contributed by atoms with E-state index in [1.807, 2.05) is 0 Å². The van der Waals surface area contributed by atoms with Gasteiger partial charge in [-0.25, -0.2) is 9.78 Å². The number of hydrogen-bond donors (Lipinski definition) is 1. The SMILES string of the molecule is CCCCCCOc1c(Cl)cc(-c2nc(C(=O)O)cs2)cc1OC. The lowest BCUT2D eigenvalue weighted by Gasteiger charge is -2.13. The first-order valence-corrected chi connectivity index (χ1v) is 9.02. The van der Waals surface area contributed by atoms with Crippen molar-refractivity contribution in [1.29, 1.82) is 0 Å². The second-order valence-electron chi connectivity index (χ2n) is 5.24. The van der Waals surface area contributed by atoms with Crippen LogP contribution < -0.4 is 9.47 Å². The Morgan fingerprint density at radius 3 is 2.75 bits per heavy atom. The predicted molar refractivity (Wildman–Crippen MR) is 95.7 cm³/mol. The predicted octanol–water partition coefficient (Wildman–Crippen LogP) is 5.13. The quantitative estimate of drug-likeness (QED) is 0.620. The van der Waals surface area contributed by atoms with Gasteiger partial charge in [-0.2, -0.15) is 0 Å². The van der Waals surface area contributed by atoms with Gasteiger partial charge in [0.05, 0.1) is 18.7 Å². The smallest absolute Gasteiger partial charge is 0.355 e. The minimum atomic E-state index is -1.05. The molecule has 2 rings (SSSR count). The number of carboxylic acid groups (broad SMARTS) is 1. The molecule has 0 amide bonds. The zero-order valence-corrected chi connectivity index (χ0v) is 15.2. The average molecular weight is 370 g/mol. The van der Waals surface area contributed by atoms with Gasteiger partial charge in [-0.05, 0) is 18.6 Å². The summed E-state index contributed by atoms with van der Waals surface area (Å²) in [6.07, 6.45) is 4.43. The number of thiazole rings is 1. The number of halogens is 1. The summed E-state index contributed by atoms with van der Waals surface area (Å²) in [5.74, 6) is -0.0305. The molecule has 0 unspecified atom stereocenters. The Balaban J connectivity index is 2.18. The first-order chi connectivity index (χ1) is 11.6. The van der Waals surface area contributed by atoms with Gasteiger partial charge in [-0.15, -0.1) is 11.3 Å². The fourth-order valence-electron chi connectivity index (χ4n) is 2.19. The number of methoxy groups -OCH3 is 1. The number of aromatic carboxylic acids is 1. The number of nitrogens with zero attached hydrogens (tertiary/aromatic N) is 1. The highest BCUT2D eigenvalue weighted by Crippen LogP contribution is 2.40. The summed E-state index contributed by atoms with van der Waals surface area (Å²) in [4.78, 5) is 15.0. The molecule has 0 aliphatic rings. The molecule has 0 saturated heterocycles. The summed E-state index contributed by atoms with van der Waals surface area (Å²) >= 11 is 7.57. The van der Waals surface area contributed by atoms with Crippen molar-refractivity contribution in [2.24, 2.45) is 0 Å². The van der Waals surface area contributed by atoms with E-state index in [4.69, 9.17) is 26.2 Å². The van der Waals surface area contributed by atoms with Gasteiger partial charge in [0.2, 0.25) is 0 Å². The largest absolute Gasteiger partial charge is 0.493 e. The van der Waals surface area contributed by atoms with E-state index in [1.54, 1.807) is 19.2 Å². The Kier molecular flexibility index (Phi) is 6.87. The summed E-state index contributed by atoms with van der Waals surface area (Å²) in [6, 6.07) is 3.48. The molecule has 0 spiro atoms. The van der Waals surface area contributed by atoms with Crippen LogP contribution in [0.2, 0.25) is 5.02 Å². The molecule has 0 radical (unpaired) electrons. The van der Waals surface area contributed by atoms with Crippen molar-refractivity contribution < 1.29 is 19.4 Å². The van der Waals surface area contributed by atoms with Gasteiger partial charge in [0.15, 0.2) is 17.2 Å². The van der Waals surface area contributed by atoms with Gasteiger partial charge in [-0.3, -0.25) is 0 Å². The van der Waals surface area contributed by atoms with Gasteiger partial charge >= 0.3 is 5.97 Å². The van der Waals surface area contributed by atoms with E-state index in [2.05, 4.69) is 11.9 Å². The minimum absolute atomic E-state index is 0.0151. The van der Waals surface area contributed by atoms with E-state index in [1.165, 1.54) is 29.6 Å². The average Bonchev–Trinajstić information content (AvgIpc) is 3.05. The summed E-state index contributed by atoms with van der Waals surface area (Å²) in [5, 5.41) is 11.5. The molecule has 0 fully saturated rings. The third-order valence-corrected chi connectivity index (χ3v) is 4.62. The van der Waals surface area contributed by atoms with Gasteiger partial charge in [0, 0.05) is 10.9 Å². The molecule has 1 heterocycles. The Morgan fingerprint density at radius 1 is 1.33 bits per heavy atom. The number of unbranched alkanes of at least 4 members (excludes halogenated alkanes) is 3. The van der Waals surface area contributed by atoms with Gasteiger partial charge in [-0.1, -0.05) is 37.8 Å². The fourth-order valence-corrected chi connectivity index (χ4v) is 3.24. The van der Waals surface area contributed by atoms with E-state index in [0.29, 0.717) is 33.7 Å². The number of ether oxygens (including phenoxy) is 2. The molecule has 0 atom stereocenters. The Morgan fingerprint density at radius 2 is 2.12 bits per heavy atom. The van der Waals surface area contributed by atoms with Crippen LogP contribution in [0.1, 0.15) is 43.1 Å². The highest BCUT2D eigenvalue weighted by molar-refractivity contribution is 7.13. The third-order valence-electron chi connectivity index (χ3n) is 3.44. The Labute approximate surface area is 150 Å². The third kappa shape index (κ3) is 4.61. The van der Waals surface area contributed by atoms with Crippen LogP contribution in [0, 0.1) is 0 Å². The molecule has 0 saturated carbocycles. The van der Waals surface area contributed by atoms with E-state index in [0.717, 1.165) is 12.8 Å². The van der Waals surface area contributed by atoms with Gasteiger partial charge in [0.25, 0.3) is 0 Å². The molecule has 7 heteroatoms. The van der Waals surface area contributed by atoms with Crippen molar-refractivity contribution >= 4 is 28.9 Å². The van der Waals surface area contributed by atoms with Crippen molar-refractivity contribution in [1.82, 2.24) is 4.98 Å². The standard InChI is InChI=1S/C17H20ClNO4S/c1-3-4-5-6-7-23-15-12(18)8-11(9-14(15)22-2)16-19-13(10-24-16)17(20)21/h8-10H,3-7H2,1-2H3,(H,20,21). The van der Waals surface area contributed by atoms with Crippen molar-refractivity contribution in [3.05, 3.63) is 28.2 Å². The summed E-state index contributed by atoms with van der Waals surface area (Å²) < 4.78 is 11.1.